The molecule has 17 heavy (non-hydrogen) atoms. The Morgan fingerprint density at radius 3 is 3.06 bits per heavy atom. The first-order valence-electron chi connectivity index (χ1n) is 5.60. The number of aryl methyl sites for hydroxylation is 1. The first-order valence-corrected chi connectivity index (χ1v) is 7.27. The second-order valence-corrected chi connectivity index (χ2v) is 5.65. The molecule has 0 aliphatic carbocycles. The highest BCUT2D eigenvalue weighted by atomic mass is 79.9. The van der Waals surface area contributed by atoms with Crippen molar-refractivity contribution in [3.05, 3.63) is 32.9 Å². The third-order valence-corrected chi connectivity index (χ3v) is 4.03. The maximum absolute atomic E-state index is 4.25. The SMILES string of the molecule is CCCn1ncnc1CNCc1cc(Br)cs1. The number of hydrogen-bond donors (Lipinski definition) is 1. The second kappa shape index (κ2) is 6.28. The van der Waals surface area contributed by atoms with Crippen LogP contribution in [0.3, 0.4) is 0 Å². The lowest BCUT2D eigenvalue weighted by atomic mass is 10.4. The molecule has 0 amide bonds. The zero-order valence-electron chi connectivity index (χ0n) is 9.69. The van der Waals surface area contributed by atoms with Crippen LogP contribution < -0.4 is 5.32 Å². The van der Waals surface area contributed by atoms with Gasteiger partial charge in [0, 0.05) is 27.8 Å². The van der Waals surface area contributed by atoms with Crippen molar-refractivity contribution >= 4 is 27.3 Å². The minimum absolute atomic E-state index is 0.759. The van der Waals surface area contributed by atoms with E-state index in [4.69, 9.17) is 0 Å². The molecule has 0 aromatic carbocycles. The monoisotopic (exact) mass is 314 g/mol. The van der Waals surface area contributed by atoms with E-state index in [-0.39, 0.29) is 0 Å². The van der Waals surface area contributed by atoms with Gasteiger partial charge in [-0.3, -0.25) is 0 Å². The van der Waals surface area contributed by atoms with Gasteiger partial charge in [0.25, 0.3) is 0 Å². The molecule has 0 fully saturated rings. The summed E-state index contributed by atoms with van der Waals surface area (Å²) in [6.45, 7) is 4.70. The zero-order valence-corrected chi connectivity index (χ0v) is 12.1. The predicted molar refractivity (Wildman–Crippen MR) is 72.9 cm³/mol. The van der Waals surface area contributed by atoms with E-state index in [1.165, 1.54) is 4.88 Å². The lowest BCUT2D eigenvalue weighted by Crippen LogP contribution is -2.16. The summed E-state index contributed by atoms with van der Waals surface area (Å²) in [5.74, 6) is 1.00. The molecule has 0 unspecified atom stereocenters. The summed E-state index contributed by atoms with van der Waals surface area (Å²) in [6, 6.07) is 2.13. The highest BCUT2D eigenvalue weighted by Gasteiger charge is 2.03. The zero-order chi connectivity index (χ0) is 12.1. The van der Waals surface area contributed by atoms with Gasteiger partial charge in [0.2, 0.25) is 0 Å². The van der Waals surface area contributed by atoms with Crippen LogP contribution in [-0.2, 0) is 19.6 Å². The van der Waals surface area contributed by atoms with Gasteiger partial charge in [-0.05, 0) is 28.4 Å². The molecule has 2 aromatic heterocycles. The van der Waals surface area contributed by atoms with Crippen LogP contribution in [0, 0.1) is 0 Å². The van der Waals surface area contributed by atoms with Gasteiger partial charge in [-0.15, -0.1) is 11.3 Å². The number of nitrogens with one attached hydrogen (secondary N) is 1. The standard InChI is InChI=1S/C11H15BrN4S/c1-2-3-16-11(14-8-15-16)6-13-5-10-4-9(12)7-17-10/h4,7-8,13H,2-3,5-6H2,1H3. The predicted octanol–water partition coefficient (Wildman–Crippen LogP) is 2.80. The topological polar surface area (TPSA) is 42.7 Å². The van der Waals surface area contributed by atoms with Crippen molar-refractivity contribution in [3.63, 3.8) is 0 Å². The molecule has 0 bridgehead atoms. The average Bonchev–Trinajstić information content (AvgIpc) is 2.90. The minimum atomic E-state index is 0.759. The van der Waals surface area contributed by atoms with E-state index in [0.29, 0.717) is 0 Å². The van der Waals surface area contributed by atoms with E-state index in [0.717, 1.165) is 36.4 Å². The summed E-state index contributed by atoms with van der Waals surface area (Å²) in [7, 11) is 0. The number of nitrogens with zero attached hydrogens (tertiary/aromatic N) is 3. The Labute approximate surface area is 113 Å². The lowest BCUT2D eigenvalue weighted by molar-refractivity contribution is 0.543. The van der Waals surface area contributed by atoms with Crippen molar-refractivity contribution in [3.8, 4) is 0 Å². The van der Waals surface area contributed by atoms with Crippen LogP contribution in [0.15, 0.2) is 22.2 Å². The molecule has 2 aromatic rings. The number of aromatic nitrogens is 3. The number of rotatable bonds is 6. The lowest BCUT2D eigenvalue weighted by Gasteiger charge is -2.05. The highest BCUT2D eigenvalue weighted by Crippen LogP contribution is 2.19. The molecule has 1 N–H and O–H groups in total. The van der Waals surface area contributed by atoms with Crippen molar-refractivity contribution in [1.82, 2.24) is 20.1 Å². The Hall–Kier alpha value is -0.720. The number of hydrogen-bond acceptors (Lipinski definition) is 4. The fraction of sp³-hybridized carbons (Fsp3) is 0.455. The van der Waals surface area contributed by atoms with Crippen LogP contribution in [0.4, 0.5) is 0 Å². The molecule has 0 atom stereocenters. The van der Waals surface area contributed by atoms with Crippen LogP contribution in [0.25, 0.3) is 0 Å². The maximum atomic E-state index is 4.25. The van der Waals surface area contributed by atoms with Crippen LogP contribution in [0.1, 0.15) is 24.0 Å². The van der Waals surface area contributed by atoms with Gasteiger partial charge in [0.05, 0.1) is 6.54 Å². The fourth-order valence-corrected chi connectivity index (χ4v) is 2.99. The Balaban J connectivity index is 1.83. The van der Waals surface area contributed by atoms with Crippen LogP contribution in [-0.4, -0.2) is 14.8 Å². The van der Waals surface area contributed by atoms with Crippen LogP contribution in [0.5, 0.6) is 0 Å². The molecule has 4 nitrogen and oxygen atoms in total. The van der Waals surface area contributed by atoms with E-state index >= 15 is 0 Å². The second-order valence-electron chi connectivity index (χ2n) is 3.73. The smallest absolute Gasteiger partial charge is 0.140 e. The molecule has 0 aliphatic heterocycles. The molecule has 0 radical (unpaired) electrons. The summed E-state index contributed by atoms with van der Waals surface area (Å²) in [5, 5.41) is 9.67. The molecule has 92 valence electrons. The quantitative estimate of drug-likeness (QED) is 0.891. The molecule has 6 heteroatoms. The normalized spacial score (nSPS) is 10.9. The molecular weight excluding hydrogens is 300 g/mol. The highest BCUT2D eigenvalue weighted by molar-refractivity contribution is 9.10. The van der Waals surface area contributed by atoms with Crippen molar-refractivity contribution in [2.45, 2.75) is 33.0 Å². The Morgan fingerprint density at radius 2 is 2.35 bits per heavy atom. The van der Waals surface area contributed by atoms with E-state index < -0.39 is 0 Å². The number of thiophene rings is 1. The van der Waals surface area contributed by atoms with Gasteiger partial charge in [-0.1, -0.05) is 6.92 Å². The molecule has 0 aliphatic rings. The summed E-state index contributed by atoms with van der Waals surface area (Å²) >= 11 is 5.20. The van der Waals surface area contributed by atoms with Gasteiger partial charge >= 0.3 is 0 Å². The molecule has 2 heterocycles. The van der Waals surface area contributed by atoms with Crippen molar-refractivity contribution in [1.29, 1.82) is 0 Å². The molecule has 2 rings (SSSR count). The van der Waals surface area contributed by atoms with Gasteiger partial charge in [0.1, 0.15) is 12.2 Å². The maximum Gasteiger partial charge on any atom is 0.140 e. The van der Waals surface area contributed by atoms with Crippen molar-refractivity contribution in [2.24, 2.45) is 0 Å². The van der Waals surface area contributed by atoms with Gasteiger partial charge in [-0.25, -0.2) is 9.67 Å². The first kappa shape index (κ1) is 12.7. The average molecular weight is 315 g/mol. The summed E-state index contributed by atoms with van der Waals surface area (Å²) in [5.41, 5.74) is 0. The van der Waals surface area contributed by atoms with E-state index in [2.05, 4.69) is 49.7 Å². The molecular formula is C11H15BrN4S. The molecule has 0 saturated carbocycles. The van der Waals surface area contributed by atoms with E-state index in [9.17, 15) is 0 Å². The van der Waals surface area contributed by atoms with Gasteiger partial charge in [0.15, 0.2) is 0 Å². The summed E-state index contributed by atoms with van der Waals surface area (Å²) in [6.07, 6.45) is 2.70. The van der Waals surface area contributed by atoms with Crippen molar-refractivity contribution in [2.75, 3.05) is 0 Å². The fourth-order valence-electron chi connectivity index (χ4n) is 1.57. The van der Waals surface area contributed by atoms with E-state index in [1.54, 1.807) is 17.7 Å². The van der Waals surface area contributed by atoms with Crippen LogP contribution >= 0.6 is 27.3 Å². The molecule has 0 saturated heterocycles. The number of halogens is 1. The molecule has 0 spiro atoms. The third kappa shape index (κ3) is 3.62. The Morgan fingerprint density at radius 1 is 1.47 bits per heavy atom. The summed E-state index contributed by atoms with van der Waals surface area (Å²) < 4.78 is 3.10. The first-order chi connectivity index (χ1) is 8.29. The van der Waals surface area contributed by atoms with Gasteiger partial charge < -0.3 is 5.32 Å². The largest absolute Gasteiger partial charge is 0.305 e. The Kier molecular flexibility index (Phi) is 4.70. The van der Waals surface area contributed by atoms with E-state index in [1.807, 2.05) is 4.68 Å². The van der Waals surface area contributed by atoms with Crippen molar-refractivity contribution < 1.29 is 0 Å². The minimum Gasteiger partial charge on any atom is -0.305 e. The Bertz CT molecular complexity index is 465. The third-order valence-electron chi connectivity index (χ3n) is 2.34. The summed E-state index contributed by atoms with van der Waals surface area (Å²) in [4.78, 5) is 5.57. The van der Waals surface area contributed by atoms with Gasteiger partial charge in [-0.2, -0.15) is 5.10 Å². The van der Waals surface area contributed by atoms with Crippen LogP contribution in [0.2, 0.25) is 0 Å².